The maximum absolute atomic E-state index is 14.7. The van der Waals surface area contributed by atoms with Crippen molar-refractivity contribution in [1.82, 2.24) is 36.8 Å². The van der Waals surface area contributed by atoms with Crippen molar-refractivity contribution in [2.75, 3.05) is 18.1 Å². The molecule has 3 rings (SSSR count). The Morgan fingerprint density at radius 1 is 0.757 bits per heavy atom. The van der Waals surface area contributed by atoms with E-state index in [1.807, 2.05) is 0 Å². The zero-order valence-electron chi connectivity index (χ0n) is 39.4. The van der Waals surface area contributed by atoms with Crippen LogP contribution >= 0.6 is 21.6 Å². The summed E-state index contributed by atoms with van der Waals surface area (Å²) in [5.74, 6) is -10.9. The molecule has 1 saturated heterocycles. The first-order valence-electron chi connectivity index (χ1n) is 22.5. The highest BCUT2D eigenvalue weighted by Gasteiger charge is 2.37. The highest BCUT2D eigenvalue weighted by molar-refractivity contribution is 8.76. The third-order valence-corrected chi connectivity index (χ3v) is 13.4. The van der Waals surface area contributed by atoms with Crippen molar-refractivity contribution in [2.45, 2.75) is 115 Å². The third-order valence-electron chi connectivity index (χ3n) is 11.0. The number of phenolic OH excluding ortho intramolecular Hbond substituents is 1. The number of carbonyl (C=O) groups excluding carboxylic acids is 10. The predicted molar refractivity (Wildman–Crippen MR) is 258 cm³/mol. The van der Waals surface area contributed by atoms with E-state index in [4.69, 9.17) is 22.9 Å². The second-order valence-corrected chi connectivity index (χ2v) is 19.9. The molecule has 70 heavy (non-hydrogen) atoms. The van der Waals surface area contributed by atoms with E-state index in [1.165, 1.54) is 36.4 Å². The predicted octanol–water partition coefficient (Wildman–Crippen LogP) is -1.55. The lowest BCUT2D eigenvalue weighted by atomic mass is 9.96. The van der Waals surface area contributed by atoms with Crippen LogP contribution in [0.5, 0.6) is 5.75 Å². The minimum atomic E-state index is -1.81. The Bertz CT molecular complexity index is 2190. The monoisotopic (exact) mass is 1020 g/mol. The molecule has 8 atom stereocenters. The largest absolute Gasteiger partial charge is 0.508 e. The Morgan fingerprint density at radius 2 is 1.33 bits per heavy atom. The minimum absolute atomic E-state index is 0.0561. The van der Waals surface area contributed by atoms with Crippen LogP contribution in [0.1, 0.15) is 70.9 Å². The van der Waals surface area contributed by atoms with Crippen molar-refractivity contribution >= 4 is 80.7 Å². The Hall–Kier alpha value is -6.47. The minimum Gasteiger partial charge on any atom is -0.508 e. The normalized spacial score (nSPS) is 21.9. The fraction of sp³-hybridized carbons (Fsp3) is 0.511. The summed E-state index contributed by atoms with van der Waals surface area (Å²) in [5, 5.41) is 25.1. The number of primary amides is 3. The van der Waals surface area contributed by atoms with Crippen molar-refractivity contribution in [1.29, 1.82) is 0 Å². The summed E-state index contributed by atoms with van der Waals surface area (Å²) in [6, 6.07) is 0.716. The Morgan fingerprint density at radius 3 is 1.91 bits per heavy atom. The molecule has 0 saturated carbocycles. The molecule has 0 spiro atoms. The average Bonchev–Trinajstić information content (AvgIpc) is 3.29. The van der Waals surface area contributed by atoms with Gasteiger partial charge in [0.05, 0.1) is 19.0 Å². The number of hydrogen-bond donors (Lipinski definition) is 11. The number of aromatic hydroxyl groups is 1. The second-order valence-electron chi connectivity index (χ2n) is 17.3. The van der Waals surface area contributed by atoms with E-state index in [0.717, 1.165) is 38.6 Å². The molecule has 0 unspecified atom stereocenters. The van der Waals surface area contributed by atoms with Crippen LogP contribution in [0, 0.1) is 17.7 Å². The standard InChI is InChI=1S/C45H64FN11O11S2/c1-5-24(4)38-44(67)52-30(14-15-35(48)59)41(64)54-33(18-36(49)60)42(65)55-34(22-70-69-21-29(47)40(63)53-32(43(66)56-38)17-25-8-12-28(58)13-9-25)45(68)57(19-26-6-10-27(46)11-7-26)20-37(61)51-31(39(50)62)16-23(2)3/h6-13,23-24,29-34,38,58H,5,14-22,47H2,1-4H3,(H2,48,59)(H2,49,60)(H2,50,62)(H,51,61)(H,52,67)(H,53,63)(H,54,64)(H,55,65)(H,56,66)/t24-,29-,30-,31-,32-,33-,34-,38-/m0/s1. The zero-order chi connectivity index (χ0) is 52.2. The highest BCUT2D eigenvalue weighted by atomic mass is 33.1. The average molecular weight is 1020 g/mol. The summed E-state index contributed by atoms with van der Waals surface area (Å²) in [6.45, 7) is 5.95. The van der Waals surface area contributed by atoms with Crippen LogP contribution in [0.2, 0.25) is 0 Å². The molecule has 15 N–H and O–H groups in total. The number of halogens is 1. The van der Waals surface area contributed by atoms with Crippen LogP contribution in [0.15, 0.2) is 48.5 Å². The Kier molecular flexibility index (Phi) is 23.4. The molecule has 22 nitrogen and oxygen atoms in total. The van der Waals surface area contributed by atoms with E-state index in [1.54, 1.807) is 27.7 Å². The first kappa shape index (κ1) is 57.8. The molecule has 1 heterocycles. The van der Waals surface area contributed by atoms with Crippen molar-refractivity contribution in [3.63, 3.8) is 0 Å². The van der Waals surface area contributed by atoms with Gasteiger partial charge in [-0.25, -0.2) is 4.39 Å². The molecule has 384 valence electrons. The molecule has 0 bridgehead atoms. The van der Waals surface area contributed by atoms with Crippen molar-refractivity contribution < 1.29 is 57.4 Å². The van der Waals surface area contributed by atoms with Gasteiger partial charge in [-0.2, -0.15) is 0 Å². The van der Waals surface area contributed by atoms with Crippen molar-refractivity contribution in [2.24, 2.45) is 34.8 Å². The van der Waals surface area contributed by atoms with Crippen LogP contribution in [-0.4, -0.2) is 129 Å². The maximum Gasteiger partial charge on any atom is 0.246 e. The van der Waals surface area contributed by atoms with Crippen LogP contribution in [-0.2, 0) is 60.9 Å². The van der Waals surface area contributed by atoms with Gasteiger partial charge in [-0.1, -0.05) is 80.0 Å². The van der Waals surface area contributed by atoms with E-state index >= 15 is 0 Å². The third kappa shape index (κ3) is 19.5. The molecule has 1 fully saturated rings. The number of nitrogens with zero attached hydrogens (tertiary/aromatic N) is 1. The number of phenols is 1. The SMILES string of the molecule is CC[C@H](C)[C@@H]1NC(=O)[C@H](Cc2ccc(O)cc2)NC(=O)[C@@H](N)CSSC[C@@H](C(=O)N(CC(=O)N[C@@H](CC(C)C)C(N)=O)Cc2ccc(F)cc2)NC(=O)[C@H](CC(N)=O)NC(=O)[C@H](CCC(N)=O)NC1=O. The lowest BCUT2D eigenvalue weighted by molar-refractivity contribution is -0.140. The van der Waals surface area contributed by atoms with E-state index < -0.39 is 139 Å². The highest BCUT2D eigenvalue weighted by Crippen LogP contribution is 2.24. The van der Waals surface area contributed by atoms with Gasteiger partial charge in [-0.3, -0.25) is 47.9 Å². The Labute approximate surface area is 412 Å². The van der Waals surface area contributed by atoms with Crippen LogP contribution in [0.25, 0.3) is 0 Å². The van der Waals surface area contributed by atoms with Crippen molar-refractivity contribution in [3.05, 3.63) is 65.5 Å². The smallest absolute Gasteiger partial charge is 0.246 e. The van der Waals surface area contributed by atoms with Gasteiger partial charge in [0.15, 0.2) is 0 Å². The fourth-order valence-corrected chi connectivity index (χ4v) is 9.22. The summed E-state index contributed by atoms with van der Waals surface area (Å²) < 4.78 is 14.0. The number of nitrogens with two attached hydrogens (primary N) is 4. The lowest BCUT2D eigenvalue weighted by Crippen LogP contribution is -2.61. The summed E-state index contributed by atoms with van der Waals surface area (Å²) in [7, 11) is 1.95. The molecule has 10 amide bonds. The molecule has 2 aromatic carbocycles. The lowest BCUT2D eigenvalue weighted by Gasteiger charge is -2.30. The number of rotatable bonds is 18. The molecule has 2 aromatic rings. The fourth-order valence-electron chi connectivity index (χ4n) is 6.94. The van der Waals surface area contributed by atoms with Gasteiger partial charge in [0.25, 0.3) is 0 Å². The van der Waals surface area contributed by atoms with Gasteiger partial charge in [0, 0.05) is 30.9 Å². The van der Waals surface area contributed by atoms with E-state index in [2.05, 4.69) is 31.9 Å². The first-order valence-corrected chi connectivity index (χ1v) is 24.9. The summed E-state index contributed by atoms with van der Waals surface area (Å²) in [4.78, 5) is 136. The molecule has 25 heteroatoms. The van der Waals surface area contributed by atoms with E-state index in [9.17, 15) is 57.4 Å². The van der Waals surface area contributed by atoms with Crippen molar-refractivity contribution in [3.8, 4) is 5.75 Å². The number of hydrogen-bond acceptors (Lipinski definition) is 14. The van der Waals surface area contributed by atoms with Crippen LogP contribution in [0.4, 0.5) is 4.39 Å². The summed E-state index contributed by atoms with van der Waals surface area (Å²) >= 11 is 0. The first-order chi connectivity index (χ1) is 33.0. The number of amides is 10. The topological polar surface area (TPSA) is 370 Å². The number of benzene rings is 2. The van der Waals surface area contributed by atoms with Crippen LogP contribution in [0.3, 0.4) is 0 Å². The zero-order valence-corrected chi connectivity index (χ0v) is 41.0. The number of carbonyl (C=O) groups is 10. The molecule has 0 aliphatic carbocycles. The Balaban J connectivity index is 2.13. The maximum atomic E-state index is 14.7. The van der Waals surface area contributed by atoms with Gasteiger partial charge in [-0.05, 0) is 60.1 Å². The quantitative estimate of drug-likeness (QED) is 0.0754. The molecule has 0 aromatic heterocycles. The second kappa shape index (κ2) is 28.3. The van der Waals surface area contributed by atoms with Gasteiger partial charge in [0.2, 0.25) is 59.1 Å². The van der Waals surface area contributed by atoms with Gasteiger partial charge in [-0.15, -0.1) is 0 Å². The van der Waals surface area contributed by atoms with Gasteiger partial charge < -0.3 is 64.8 Å². The number of nitrogens with one attached hydrogen (secondary N) is 6. The van der Waals surface area contributed by atoms with Crippen LogP contribution < -0.4 is 54.8 Å². The molecule has 1 aliphatic rings. The molecular weight excluding hydrogens is 954 g/mol. The molecule has 0 radical (unpaired) electrons. The molecular formula is C45H64FN11O11S2. The molecule has 1 aliphatic heterocycles. The summed E-state index contributed by atoms with van der Waals surface area (Å²) in [6.07, 6.45) is -1.33. The summed E-state index contributed by atoms with van der Waals surface area (Å²) in [5.41, 5.74) is 23.7. The van der Waals surface area contributed by atoms with Gasteiger partial charge >= 0.3 is 0 Å². The van der Waals surface area contributed by atoms with Gasteiger partial charge in [0.1, 0.15) is 47.8 Å². The van der Waals surface area contributed by atoms with E-state index in [-0.39, 0.29) is 42.6 Å². The van der Waals surface area contributed by atoms with E-state index in [0.29, 0.717) is 17.5 Å².